The quantitative estimate of drug-likeness (QED) is 0.687. The fourth-order valence-corrected chi connectivity index (χ4v) is 3.45. The number of hydrogen-bond donors (Lipinski definition) is 2. The number of aromatic amines is 1. The van der Waals surface area contributed by atoms with Gasteiger partial charge in [0.1, 0.15) is 11.6 Å². The van der Waals surface area contributed by atoms with Crippen molar-refractivity contribution in [3.8, 4) is 5.75 Å². The molecule has 0 aliphatic carbocycles. The molecule has 1 aromatic carbocycles. The second-order valence-electron chi connectivity index (χ2n) is 7.83. The van der Waals surface area contributed by atoms with E-state index in [1.807, 2.05) is 32.0 Å². The van der Waals surface area contributed by atoms with E-state index in [4.69, 9.17) is 10.5 Å². The molecule has 8 nitrogen and oxygen atoms in total. The standard InChI is InChI=1S/C22H32N4O4/c1-7-8-11-26-19(23)18(20(27)24-22(26)29)25(6)21(28)15(5)30-16-9-10-17(13(2)3)14(4)12-16/h9-10,12-13,15H,7-8,11,23H2,1-6H3,(H,24,27,29). The van der Waals surface area contributed by atoms with Crippen molar-refractivity contribution in [2.75, 3.05) is 17.7 Å². The number of unbranched alkanes of at least 4 members (excludes halogenated alkanes) is 1. The molecule has 30 heavy (non-hydrogen) atoms. The lowest BCUT2D eigenvalue weighted by Gasteiger charge is -2.24. The monoisotopic (exact) mass is 416 g/mol. The summed E-state index contributed by atoms with van der Waals surface area (Å²) in [5, 5.41) is 0. The van der Waals surface area contributed by atoms with Crippen molar-refractivity contribution >= 4 is 17.4 Å². The lowest BCUT2D eigenvalue weighted by molar-refractivity contribution is -0.124. The van der Waals surface area contributed by atoms with Crippen LogP contribution in [0.5, 0.6) is 5.75 Å². The van der Waals surface area contributed by atoms with Gasteiger partial charge in [0.25, 0.3) is 11.5 Å². The molecule has 1 amide bonds. The maximum absolute atomic E-state index is 12.9. The van der Waals surface area contributed by atoms with Gasteiger partial charge in [-0.3, -0.25) is 19.1 Å². The van der Waals surface area contributed by atoms with E-state index in [0.29, 0.717) is 18.2 Å². The number of nitrogens with two attached hydrogens (primary N) is 1. The Morgan fingerprint density at radius 2 is 1.93 bits per heavy atom. The minimum absolute atomic E-state index is 0.0302. The number of nitrogen functional groups attached to an aromatic ring is 1. The Morgan fingerprint density at radius 1 is 1.27 bits per heavy atom. The number of aromatic nitrogens is 2. The average Bonchev–Trinajstić information content (AvgIpc) is 2.66. The number of anilines is 2. The number of nitrogens with zero attached hydrogens (tertiary/aromatic N) is 2. The van der Waals surface area contributed by atoms with Crippen molar-refractivity contribution in [3.63, 3.8) is 0 Å². The van der Waals surface area contributed by atoms with E-state index in [-0.39, 0.29) is 11.5 Å². The molecule has 0 fully saturated rings. The van der Waals surface area contributed by atoms with Gasteiger partial charge in [-0.25, -0.2) is 4.79 Å². The van der Waals surface area contributed by atoms with Gasteiger partial charge in [0.05, 0.1) is 0 Å². The second kappa shape index (κ2) is 9.65. The SMILES string of the molecule is CCCCn1c(N)c(N(C)C(=O)C(C)Oc2ccc(C(C)C)c(C)c2)c(=O)[nH]c1=O. The van der Waals surface area contributed by atoms with Gasteiger partial charge >= 0.3 is 5.69 Å². The van der Waals surface area contributed by atoms with Crippen LogP contribution in [0.15, 0.2) is 27.8 Å². The second-order valence-corrected chi connectivity index (χ2v) is 7.83. The minimum atomic E-state index is -0.853. The molecule has 1 heterocycles. The first-order valence-corrected chi connectivity index (χ1v) is 10.3. The van der Waals surface area contributed by atoms with Gasteiger partial charge in [-0.1, -0.05) is 33.3 Å². The summed E-state index contributed by atoms with van der Waals surface area (Å²) in [5.41, 5.74) is 7.04. The zero-order valence-electron chi connectivity index (χ0n) is 18.6. The molecular formula is C22H32N4O4. The predicted octanol–water partition coefficient (Wildman–Crippen LogP) is 2.78. The molecule has 0 saturated heterocycles. The van der Waals surface area contributed by atoms with Gasteiger partial charge in [0.15, 0.2) is 11.8 Å². The molecule has 0 aliphatic heterocycles. The first-order valence-electron chi connectivity index (χ1n) is 10.3. The molecule has 0 saturated carbocycles. The normalized spacial score (nSPS) is 12.1. The van der Waals surface area contributed by atoms with E-state index in [1.54, 1.807) is 6.92 Å². The van der Waals surface area contributed by atoms with Crippen LogP contribution in [0.3, 0.4) is 0 Å². The number of amides is 1. The molecule has 8 heteroatoms. The fraction of sp³-hybridized carbons (Fsp3) is 0.500. The highest BCUT2D eigenvalue weighted by Gasteiger charge is 2.26. The highest BCUT2D eigenvalue weighted by molar-refractivity contribution is 5.97. The number of likely N-dealkylation sites (N-methyl/N-ethyl adjacent to an activating group) is 1. The molecule has 2 rings (SSSR count). The Kier molecular flexibility index (Phi) is 7.48. The van der Waals surface area contributed by atoms with Gasteiger partial charge in [0, 0.05) is 13.6 Å². The Bertz CT molecular complexity index is 1020. The van der Waals surface area contributed by atoms with E-state index in [9.17, 15) is 14.4 Å². The molecule has 0 aliphatic rings. The number of nitrogens with one attached hydrogen (secondary N) is 1. The molecule has 1 aromatic heterocycles. The molecule has 0 bridgehead atoms. The first kappa shape index (κ1) is 23.3. The van der Waals surface area contributed by atoms with Crippen LogP contribution in [0.1, 0.15) is 57.6 Å². The van der Waals surface area contributed by atoms with Crippen molar-refractivity contribution in [2.45, 2.75) is 66.0 Å². The number of carbonyl (C=O) groups is 1. The maximum atomic E-state index is 12.9. The Hall–Kier alpha value is -3.03. The highest BCUT2D eigenvalue weighted by atomic mass is 16.5. The molecule has 0 spiro atoms. The van der Waals surface area contributed by atoms with Crippen LogP contribution in [0.4, 0.5) is 11.5 Å². The molecule has 2 aromatic rings. The largest absolute Gasteiger partial charge is 0.481 e. The van der Waals surface area contributed by atoms with Crippen LogP contribution in [-0.4, -0.2) is 28.6 Å². The summed E-state index contributed by atoms with van der Waals surface area (Å²) in [7, 11) is 1.45. The summed E-state index contributed by atoms with van der Waals surface area (Å²) in [4.78, 5) is 40.8. The summed E-state index contributed by atoms with van der Waals surface area (Å²) < 4.78 is 7.10. The Morgan fingerprint density at radius 3 is 2.50 bits per heavy atom. The average molecular weight is 417 g/mol. The predicted molar refractivity (Wildman–Crippen MR) is 119 cm³/mol. The van der Waals surface area contributed by atoms with Gasteiger partial charge < -0.3 is 15.4 Å². The summed E-state index contributed by atoms with van der Waals surface area (Å²) >= 11 is 0. The van der Waals surface area contributed by atoms with Crippen molar-refractivity contribution in [2.24, 2.45) is 0 Å². The number of benzene rings is 1. The number of H-pyrrole nitrogens is 1. The van der Waals surface area contributed by atoms with Gasteiger partial charge in [0.2, 0.25) is 0 Å². The van der Waals surface area contributed by atoms with E-state index < -0.39 is 23.3 Å². The number of rotatable bonds is 8. The van der Waals surface area contributed by atoms with Crippen molar-refractivity contribution in [3.05, 3.63) is 50.2 Å². The topological polar surface area (TPSA) is 110 Å². The van der Waals surface area contributed by atoms with Gasteiger partial charge in [-0.15, -0.1) is 0 Å². The summed E-state index contributed by atoms with van der Waals surface area (Å²) in [6, 6.07) is 5.71. The minimum Gasteiger partial charge on any atom is -0.481 e. The molecule has 1 unspecified atom stereocenters. The molecule has 3 N–H and O–H groups in total. The molecule has 1 atom stereocenters. The third-order valence-corrected chi connectivity index (χ3v) is 5.14. The fourth-order valence-electron chi connectivity index (χ4n) is 3.45. The number of aryl methyl sites for hydroxylation is 1. The molecule has 0 radical (unpaired) electrons. The van der Waals surface area contributed by atoms with Crippen LogP contribution in [0, 0.1) is 6.92 Å². The van der Waals surface area contributed by atoms with E-state index in [0.717, 1.165) is 23.3 Å². The summed E-state index contributed by atoms with van der Waals surface area (Å²) in [6.45, 7) is 10.2. The number of ether oxygens (including phenoxy) is 1. The zero-order chi connectivity index (χ0) is 22.6. The number of carbonyl (C=O) groups excluding carboxylic acids is 1. The summed E-state index contributed by atoms with van der Waals surface area (Å²) in [6.07, 6.45) is 0.724. The van der Waals surface area contributed by atoms with Crippen LogP contribution >= 0.6 is 0 Å². The third kappa shape index (κ3) is 4.93. The van der Waals surface area contributed by atoms with E-state index in [2.05, 4.69) is 18.8 Å². The molecule has 164 valence electrons. The Balaban J connectivity index is 2.27. The maximum Gasteiger partial charge on any atom is 0.330 e. The highest BCUT2D eigenvalue weighted by Crippen LogP contribution is 2.25. The van der Waals surface area contributed by atoms with E-state index >= 15 is 0 Å². The summed E-state index contributed by atoms with van der Waals surface area (Å²) in [5.74, 6) is 0.485. The Labute approximate surface area is 176 Å². The van der Waals surface area contributed by atoms with Crippen molar-refractivity contribution in [1.82, 2.24) is 9.55 Å². The molecular weight excluding hydrogens is 384 g/mol. The van der Waals surface area contributed by atoms with Gasteiger partial charge in [-0.05, 0) is 49.4 Å². The van der Waals surface area contributed by atoms with Crippen LogP contribution in [0.25, 0.3) is 0 Å². The van der Waals surface area contributed by atoms with Gasteiger partial charge in [-0.2, -0.15) is 0 Å². The zero-order valence-corrected chi connectivity index (χ0v) is 18.6. The van der Waals surface area contributed by atoms with Crippen LogP contribution < -0.4 is 26.6 Å². The first-order chi connectivity index (χ1) is 14.1. The van der Waals surface area contributed by atoms with Crippen molar-refractivity contribution in [1.29, 1.82) is 0 Å². The van der Waals surface area contributed by atoms with Crippen molar-refractivity contribution < 1.29 is 9.53 Å². The third-order valence-electron chi connectivity index (χ3n) is 5.14. The van der Waals surface area contributed by atoms with Crippen LogP contribution in [0.2, 0.25) is 0 Å². The lowest BCUT2D eigenvalue weighted by Crippen LogP contribution is -2.43. The van der Waals surface area contributed by atoms with Crippen LogP contribution in [-0.2, 0) is 11.3 Å². The number of hydrogen-bond acceptors (Lipinski definition) is 5. The smallest absolute Gasteiger partial charge is 0.330 e. The van der Waals surface area contributed by atoms with E-state index in [1.165, 1.54) is 17.2 Å². The lowest BCUT2D eigenvalue weighted by atomic mass is 9.98.